The standard InChI is InChI=1S/C18H21F3N2O3/c1-26-13-9-7-12(8-10-13)11-16(24)23-17(25,18(19,20)21)14-5-3-2-4-6-15(14)22-23/h7-10,14,25H,2-6,11H2,1H3/t14-,17+/m1/s1. The first-order valence-corrected chi connectivity index (χ1v) is 8.60. The zero-order chi connectivity index (χ0) is 18.9. The molecule has 1 saturated carbocycles. The van der Waals surface area contributed by atoms with Crippen molar-refractivity contribution in [1.29, 1.82) is 0 Å². The highest BCUT2D eigenvalue weighted by Gasteiger charge is 2.68. The number of ether oxygens (including phenoxy) is 1. The van der Waals surface area contributed by atoms with E-state index in [1.165, 1.54) is 7.11 Å². The van der Waals surface area contributed by atoms with Gasteiger partial charge in [-0.15, -0.1) is 0 Å². The van der Waals surface area contributed by atoms with Gasteiger partial charge in [-0.25, -0.2) is 0 Å². The van der Waals surface area contributed by atoms with E-state index >= 15 is 0 Å². The van der Waals surface area contributed by atoms with Crippen LogP contribution in [0.1, 0.15) is 37.7 Å². The summed E-state index contributed by atoms with van der Waals surface area (Å²) in [6.07, 6.45) is -2.65. The highest BCUT2D eigenvalue weighted by atomic mass is 19.4. The number of rotatable bonds is 3. The number of nitrogens with zero attached hydrogens (tertiary/aromatic N) is 2. The molecule has 1 aliphatic carbocycles. The zero-order valence-electron chi connectivity index (χ0n) is 14.4. The summed E-state index contributed by atoms with van der Waals surface area (Å²) in [4.78, 5) is 12.6. The Hall–Kier alpha value is -2.09. The highest BCUT2D eigenvalue weighted by Crippen LogP contribution is 2.47. The molecule has 26 heavy (non-hydrogen) atoms. The maximum atomic E-state index is 13.8. The first-order valence-electron chi connectivity index (χ1n) is 8.60. The van der Waals surface area contributed by atoms with Gasteiger partial charge >= 0.3 is 6.18 Å². The topological polar surface area (TPSA) is 62.1 Å². The average Bonchev–Trinajstić information content (AvgIpc) is 2.74. The van der Waals surface area contributed by atoms with Crippen molar-refractivity contribution in [2.24, 2.45) is 11.0 Å². The lowest BCUT2D eigenvalue weighted by molar-refractivity contribution is -0.316. The molecular weight excluding hydrogens is 349 g/mol. The molecule has 5 nitrogen and oxygen atoms in total. The van der Waals surface area contributed by atoms with E-state index < -0.39 is 23.7 Å². The summed E-state index contributed by atoms with van der Waals surface area (Å²) < 4.78 is 46.3. The van der Waals surface area contributed by atoms with Gasteiger partial charge in [-0.3, -0.25) is 4.79 Å². The molecule has 1 amide bonds. The molecule has 8 heteroatoms. The van der Waals surface area contributed by atoms with Crippen LogP contribution in [-0.4, -0.2) is 40.7 Å². The summed E-state index contributed by atoms with van der Waals surface area (Å²) in [7, 11) is 1.49. The molecule has 3 rings (SSSR count). The molecule has 0 radical (unpaired) electrons. The van der Waals surface area contributed by atoms with Gasteiger partial charge in [-0.2, -0.15) is 23.3 Å². The second kappa shape index (κ2) is 6.90. The summed E-state index contributed by atoms with van der Waals surface area (Å²) in [5, 5.41) is 14.8. The van der Waals surface area contributed by atoms with Gasteiger partial charge < -0.3 is 9.84 Å². The largest absolute Gasteiger partial charge is 0.497 e. The molecule has 0 aromatic heterocycles. The molecule has 1 N–H and O–H groups in total. The van der Waals surface area contributed by atoms with Gasteiger partial charge in [0.1, 0.15) is 5.75 Å². The lowest BCUT2D eigenvalue weighted by Crippen LogP contribution is -2.61. The number of hydrogen-bond donors (Lipinski definition) is 1. The molecule has 142 valence electrons. The summed E-state index contributed by atoms with van der Waals surface area (Å²) >= 11 is 0. The first-order chi connectivity index (χ1) is 12.3. The monoisotopic (exact) mass is 370 g/mol. The van der Waals surface area contributed by atoms with E-state index in [4.69, 9.17) is 4.74 Å². The SMILES string of the molecule is COc1ccc(CC(=O)N2N=C3CCCCC[C@H]3[C@]2(O)C(F)(F)F)cc1. The summed E-state index contributed by atoms with van der Waals surface area (Å²) in [6.45, 7) is 0. The van der Waals surface area contributed by atoms with E-state index in [0.717, 1.165) is 6.42 Å². The van der Waals surface area contributed by atoms with Crippen LogP contribution in [0, 0.1) is 5.92 Å². The van der Waals surface area contributed by atoms with Gasteiger partial charge in [0.05, 0.1) is 19.4 Å². The quantitative estimate of drug-likeness (QED) is 0.888. The molecule has 0 unspecified atom stereocenters. The third-order valence-corrected chi connectivity index (χ3v) is 5.03. The van der Waals surface area contributed by atoms with Gasteiger partial charge in [0.25, 0.3) is 5.72 Å². The van der Waals surface area contributed by atoms with Crippen molar-refractivity contribution in [3.05, 3.63) is 29.8 Å². The van der Waals surface area contributed by atoms with Gasteiger partial charge in [-0.05, 0) is 37.0 Å². The van der Waals surface area contributed by atoms with Gasteiger partial charge in [0, 0.05) is 5.71 Å². The van der Waals surface area contributed by atoms with Crippen molar-refractivity contribution >= 4 is 11.6 Å². The molecule has 2 atom stereocenters. The van der Waals surface area contributed by atoms with Crippen LogP contribution < -0.4 is 4.74 Å². The van der Waals surface area contributed by atoms with Crippen LogP contribution in [-0.2, 0) is 11.2 Å². The zero-order valence-corrected chi connectivity index (χ0v) is 14.4. The van der Waals surface area contributed by atoms with Crippen molar-refractivity contribution in [3.8, 4) is 5.75 Å². The molecule has 1 aromatic rings. The van der Waals surface area contributed by atoms with Crippen LogP contribution in [0.25, 0.3) is 0 Å². The van der Waals surface area contributed by atoms with Gasteiger partial charge in [0.15, 0.2) is 0 Å². The minimum atomic E-state index is -4.98. The fraction of sp³-hybridized carbons (Fsp3) is 0.556. The lowest BCUT2D eigenvalue weighted by Gasteiger charge is -2.37. The van der Waals surface area contributed by atoms with Crippen molar-refractivity contribution in [2.45, 2.75) is 50.4 Å². The van der Waals surface area contributed by atoms with Crippen LogP contribution >= 0.6 is 0 Å². The second-order valence-electron chi connectivity index (χ2n) is 6.70. The number of carbonyl (C=O) groups is 1. The lowest BCUT2D eigenvalue weighted by atomic mass is 9.87. The van der Waals surface area contributed by atoms with E-state index in [2.05, 4.69) is 5.10 Å². The fourth-order valence-corrected chi connectivity index (χ4v) is 3.63. The second-order valence-corrected chi connectivity index (χ2v) is 6.70. The number of alkyl halides is 3. The number of methoxy groups -OCH3 is 1. The van der Waals surface area contributed by atoms with E-state index in [1.54, 1.807) is 24.3 Å². The Morgan fingerprint density at radius 1 is 1.31 bits per heavy atom. The van der Waals surface area contributed by atoms with E-state index in [9.17, 15) is 23.1 Å². The molecule has 1 fully saturated rings. The number of fused-ring (bicyclic) bond motifs is 1. The molecule has 1 aromatic carbocycles. The van der Waals surface area contributed by atoms with Crippen LogP contribution in [0.15, 0.2) is 29.4 Å². The number of amides is 1. The van der Waals surface area contributed by atoms with E-state index in [0.29, 0.717) is 30.6 Å². The Kier molecular flexibility index (Phi) is 4.96. The molecule has 0 saturated heterocycles. The van der Waals surface area contributed by atoms with Crippen molar-refractivity contribution < 1.29 is 27.8 Å². The van der Waals surface area contributed by atoms with Gasteiger partial charge in [-0.1, -0.05) is 25.0 Å². The Morgan fingerprint density at radius 3 is 2.62 bits per heavy atom. The van der Waals surface area contributed by atoms with Crippen molar-refractivity contribution in [3.63, 3.8) is 0 Å². The minimum Gasteiger partial charge on any atom is -0.497 e. The third-order valence-electron chi connectivity index (χ3n) is 5.03. The molecule has 1 heterocycles. The number of hydrazone groups is 1. The molecule has 0 bridgehead atoms. The average molecular weight is 370 g/mol. The number of benzene rings is 1. The van der Waals surface area contributed by atoms with E-state index in [-0.39, 0.29) is 23.6 Å². The van der Waals surface area contributed by atoms with Gasteiger partial charge in [0.2, 0.25) is 5.91 Å². The Balaban J connectivity index is 1.88. The normalized spacial score (nSPS) is 26.1. The summed E-state index contributed by atoms with van der Waals surface area (Å²) in [5.41, 5.74) is -2.48. The number of hydrogen-bond acceptors (Lipinski definition) is 4. The fourth-order valence-electron chi connectivity index (χ4n) is 3.63. The third kappa shape index (κ3) is 3.18. The minimum absolute atomic E-state index is 0.168. The molecule has 2 aliphatic rings. The Bertz CT molecular complexity index is 703. The first kappa shape index (κ1) is 18.7. The van der Waals surface area contributed by atoms with Crippen molar-refractivity contribution in [1.82, 2.24) is 5.01 Å². The summed E-state index contributed by atoms with van der Waals surface area (Å²) in [5.74, 6) is -1.49. The molecule has 1 aliphatic heterocycles. The predicted molar refractivity (Wildman–Crippen MR) is 88.6 cm³/mol. The summed E-state index contributed by atoms with van der Waals surface area (Å²) in [6, 6.07) is 6.45. The predicted octanol–water partition coefficient (Wildman–Crippen LogP) is 3.27. The molecular formula is C18H21F3N2O3. The van der Waals surface area contributed by atoms with Crippen LogP contribution in [0.4, 0.5) is 13.2 Å². The van der Waals surface area contributed by atoms with Crippen molar-refractivity contribution in [2.75, 3.05) is 7.11 Å². The van der Waals surface area contributed by atoms with Crippen LogP contribution in [0.5, 0.6) is 5.75 Å². The highest BCUT2D eigenvalue weighted by molar-refractivity contribution is 5.93. The van der Waals surface area contributed by atoms with Crippen LogP contribution in [0.2, 0.25) is 0 Å². The number of aliphatic hydroxyl groups is 1. The Labute approximate surface area is 149 Å². The Morgan fingerprint density at radius 2 is 2.00 bits per heavy atom. The smallest absolute Gasteiger partial charge is 0.439 e. The number of carbonyl (C=O) groups excluding carboxylic acids is 1. The maximum absolute atomic E-state index is 13.8. The molecule has 0 spiro atoms. The van der Waals surface area contributed by atoms with E-state index in [1.807, 2.05) is 0 Å². The van der Waals surface area contributed by atoms with Crippen LogP contribution in [0.3, 0.4) is 0 Å². The maximum Gasteiger partial charge on any atom is 0.439 e. The number of halogens is 3.